The third kappa shape index (κ3) is 2.57. The highest BCUT2D eigenvalue weighted by Gasteiger charge is 2.11. The number of amides is 1. The summed E-state index contributed by atoms with van der Waals surface area (Å²) in [5.74, 6) is -0.116. The average Bonchev–Trinajstić information content (AvgIpc) is 2.44. The molecule has 5 heteroatoms. The molecular formula is C15H19N3O2. The molecule has 1 aromatic carbocycles. The van der Waals surface area contributed by atoms with Crippen molar-refractivity contribution in [2.45, 2.75) is 33.2 Å². The molecule has 0 bridgehead atoms. The second-order valence-corrected chi connectivity index (χ2v) is 5.05. The van der Waals surface area contributed by atoms with Crippen molar-refractivity contribution in [2.24, 2.45) is 7.05 Å². The number of rotatable bonds is 3. The number of benzene rings is 1. The molecule has 0 spiro atoms. The maximum Gasteiger partial charge on any atom is 0.272 e. The quantitative estimate of drug-likeness (QED) is 0.927. The largest absolute Gasteiger partial charge is 0.350 e. The summed E-state index contributed by atoms with van der Waals surface area (Å²) in [6.07, 6.45) is 0.880. The molecule has 1 aromatic heterocycles. The first-order chi connectivity index (χ1) is 9.43. The van der Waals surface area contributed by atoms with Gasteiger partial charge in [0.1, 0.15) is 5.69 Å². The van der Waals surface area contributed by atoms with Crippen molar-refractivity contribution in [3.05, 3.63) is 39.8 Å². The zero-order valence-electron chi connectivity index (χ0n) is 12.2. The zero-order valence-corrected chi connectivity index (χ0v) is 12.2. The van der Waals surface area contributed by atoms with Gasteiger partial charge in [-0.25, -0.2) is 4.98 Å². The number of hydrogen-bond donors (Lipinski definition) is 1. The Morgan fingerprint density at radius 3 is 2.80 bits per heavy atom. The number of nitrogens with zero attached hydrogens (tertiary/aromatic N) is 2. The summed E-state index contributed by atoms with van der Waals surface area (Å²) in [6.45, 7) is 5.66. The van der Waals surface area contributed by atoms with Crippen LogP contribution in [0.3, 0.4) is 0 Å². The van der Waals surface area contributed by atoms with Gasteiger partial charge in [-0.3, -0.25) is 9.59 Å². The number of hydrogen-bond acceptors (Lipinski definition) is 3. The lowest BCUT2D eigenvalue weighted by Crippen LogP contribution is -2.32. The fourth-order valence-electron chi connectivity index (χ4n) is 2.03. The van der Waals surface area contributed by atoms with Crippen LogP contribution in [0.1, 0.15) is 36.3 Å². The Labute approximate surface area is 117 Å². The molecule has 1 amide bonds. The minimum absolute atomic E-state index is 0.116. The van der Waals surface area contributed by atoms with E-state index in [4.69, 9.17) is 0 Å². The predicted molar refractivity (Wildman–Crippen MR) is 78.9 cm³/mol. The van der Waals surface area contributed by atoms with Crippen molar-refractivity contribution in [3.63, 3.8) is 0 Å². The van der Waals surface area contributed by atoms with Crippen molar-refractivity contribution in [1.29, 1.82) is 0 Å². The van der Waals surface area contributed by atoms with Crippen LogP contribution in [-0.2, 0) is 7.05 Å². The molecule has 5 nitrogen and oxygen atoms in total. The summed E-state index contributed by atoms with van der Waals surface area (Å²) < 4.78 is 1.55. The summed E-state index contributed by atoms with van der Waals surface area (Å²) in [4.78, 5) is 28.2. The number of carbonyl (C=O) groups is 1. The van der Waals surface area contributed by atoms with Gasteiger partial charge in [-0.05, 0) is 38.5 Å². The Morgan fingerprint density at radius 2 is 2.15 bits per heavy atom. The van der Waals surface area contributed by atoms with E-state index in [2.05, 4.69) is 10.3 Å². The zero-order chi connectivity index (χ0) is 14.9. The van der Waals surface area contributed by atoms with E-state index in [9.17, 15) is 9.59 Å². The van der Waals surface area contributed by atoms with E-state index in [1.165, 1.54) is 0 Å². The van der Waals surface area contributed by atoms with Crippen LogP contribution in [0.25, 0.3) is 11.0 Å². The minimum Gasteiger partial charge on any atom is -0.350 e. The first kappa shape index (κ1) is 14.2. The van der Waals surface area contributed by atoms with Crippen LogP contribution in [0, 0.1) is 6.92 Å². The number of fused-ring (bicyclic) bond motifs is 1. The fourth-order valence-corrected chi connectivity index (χ4v) is 2.03. The summed E-state index contributed by atoms with van der Waals surface area (Å²) >= 11 is 0. The molecule has 0 saturated heterocycles. The van der Waals surface area contributed by atoms with Crippen LogP contribution >= 0.6 is 0 Å². The van der Waals surface area contributed by atoms with E-state index in [-0.39, 0.29) is 17.5 Å². The van der Waals surface area contributed by atoms with Gasteiger partial charge in [0.2, 0.25) is 0 Å². The maximum atomic E-state index is 12.1. The Balaban J connectivity index is 2.47. The Bertz CT molecular complexity index is 719. The lowest BCUT2D eigenvalue weighted by molar-refractivity contribution is 0.0939. The Hall–Kier alpha value is -2.17. The summed E-state index contributed by atoms with van der Waals surface area (Å²) in [6, 6.07) is 5.33. The normalized spacial score (nSPS) is 12.4. The first-order valence-corrected chi connectivity index (χ1v) is 6.72. The Kier molecular flexibility index (Phi) is 3.88. The van der Waals surface area contributed by atoms with Crippen molar-refractivity contribution in [3.8, 4) is 0 Å². The number of carbonyl (C=O) groups excluding carboxylic acids is 1. The third-order valence-electron chi connectivity index (χ3n) is 3.49. The van der Waals surface area contributed by atoms with Crippen LogP contribution < -0.4 is 10.9 Å². The van der Waals surface area contributed by atoms with Crippen LogP contribution in [-0.4, -0.2) is 21.5 Å². The summed E-state index contributed by atoms with van der Waals surface area (Å²) in [5, 5.41) is 2.92. The van der Waals surface area contributed by atoms with Gasteiger partial charge in [0.15, 0.2) is 0 Å². The van der Waals surface area contributed by atoms with E-state index in [1.54, 1.807) is 36.7 Å². The topological polar surface area (TPSA) is 64.0 Å². The molecule has 1 heterocycles. The molecule has 0 saturated carbocycles. The van der Waals surface area contributed by atoms with Crippen molar-refractivity contribution in [1.82, 2.24) is 14.9 Å². The van der Waals surface area contributed by atoms with Gasteiger partial charge in [-0.15, -0.1) is 0 Å². The van der Waals surface area contributed by atoms with E-state index < -0.39 is 0 Å². The molecule has 0 aliphatic rings. The van der Waals surface area contributed by atoms with Crippen LogP contribution in [0.2, 0.25) is 0 Å². The number of aryl methyl sites for hydroxylation is 2. The van der Waals surface area contributed by atoms with Gasteiger partial charge in [0.05, 0.1) is 11.0 Å². The number of aromatic nitrogens is 2. The van der Waals surface area contributed by atoms with Crippen molar-refractivity contribution >= 4 is 16.9 Å². The molecule has 2 aromatic rings. The monoisotopic (exact) mass is 273 g/mol. The smallest absolute Gasteiger partial charge is 0.272 e. The SMILES string of the molecule is CC[C@H](C)NC(=O)c1ccc2c(c1)nc(C)c(=O)n2C. The van der Waals surface area contributed by atoms with Gasteiger partial charge < -0.3 is 9.88 Å². The molecule has 0 aliphatic heterocycles. The second kappa shape index (κ2) is 5.45. The van der Waals surface area contributed by atoms with Gasteiger partial charge in [0, 0.05) is 18.7 Å². The highest BCUT2D eigenvalue weighted by molar-refractivity contribution is 5.97. The molecule has 0 aliphatic carbocycles. The molecule has 0 fully saturated rings. The maximum absolute atomic E-state index is 12.1. The van der Waals surface area contributed by atoms with E-state index >= 15 is 0 Å². The average molecular weight is 273 g/mol. The van der Waals surface area contributed by atoms with E-state index in [1.807, 2.05) is 13.8 Å². The molecule has 1 atom stereocenters. The van der Waals surface area contributed by atoms with Crippen LogP contribution in [0.5, 0.6) is 0 Å². The highest BCUT2D eigenvalue weighted by Crippen LogP contribution is 2.12. The third-order valence-corrected chi connectivity index (χ3v) is 3.49. The molecule has 0 unspecified atom stereocenters. The summed E-state index contributed by atoms with van der Waals surface area (Å²) in [5.41, 5.74) is 2.25. The minimum atomic E-state index is -0.116. The first-order valence-electron chi connectivity index (χ1n) is 6.72. The second-order valence-electron chi connectivity index (χ2n) is 5.05. The molecular weight excluding hydrogens is 254 g/mol. The predicted octanol–water partition coefficient (Wildman–Crippen LogP) is 1.77. The molecule has 106 valence electrons. The fraction of sp³-hybridized carbons (Fsp3) is 0.400. The van der Waals surface area contributed by atoms with Crippen molar-refractivity contribution < 1.29 is 4.79 Å². The standard InChI is InChI=1S/C15H19N3O2/c1-5-9(2)16-14(19)11-6-7-13-12(8-11)17-10(3)15(20)18(13)4/h6-9H,5H2,1-4H3,(H,16,19)/t9-/m0/s1. The van der Waals surface area contributed by atoms with E-state index in [0.29, 0.717) is 16.8 Å². The molecule has 20 heavy (non-hydrogen) atoms. The highest BCUT2D eigenvalue weighted by atomic mass is 16.1. The molecule has 0 radical (unpaired) electrons. The molecule has 2 rings (SSSR count). The van der Waals surface area contributed by atoms with Crippen molar-refractivity contribution in [2.75, 3.05) is 0 Å². The van der Waals surface area contributed by atoms with Gasteiger partial charge >= 0.3 is 0 Å². The van der Waals surface area contributed by atoms with Gasteiger partial charge in [-0.2, -0.15) is 0 Å². The summed E-state index contributed by atoms with van der Waals surface area (Å²) in [7, 11) is 1.71. The lowest BCUT2D eigenvalue weighted by Gasteiger charge is -2.12. The Morgan fingerprint density at radius 1 is 1.45 bits per heavy atom. The van der Waals surface area contributed by atoms with Crippen LogP contribution in [0.4, 0.5) is 0 Å². The molecule has 1 N–H and O–H groups in total. The van der Waals surface area contributed by atoms with Gasteiger partial charge in [-0.1, -0.05) is 6.92 Å². The van der Waals surface area contributed by atoms with E-state index in [0.717, 1.165) is 11.9 Å². The van der Waals surface area contributed by atoms with Gasteiger partial charge in [0.25, 0.3) is 11.5 Å². The van der Waals surface area contributed by atoms with Crippen LogP contribution in [0.15, 0.2) is 23.0 Å². The lowest BCUT2D eigenvalue weighted by atomic mass is 10.1. The number of nitrogens with one attached hydrogen (secondary N) is 1.